The van der Waals surface area contributed by atoms with E-state index in [0.717, 1.165) is 12.1 Å². The lowest BCUT2D eigenvalue weighted by molar-refractivity contribution is -0.137. The van der Waals surface area contributed by atoms with Crippen molar-refractivity contribution >= 4 is 16.6 Å². The highest BCUT2D eigenvalue weighted by atomic mass is 19.4. The van der Waals surface area contributed by atoms with E-state index < -0.39 is 17.5 Å². The predicted molar refractivity (Wildman–Crippen MR) is 108 cm³/mol. The monoisotopic (exact) mass is 421 g/mol. The topological polar surface area (TPSA) is 48.4 Å². The first kappa shape index (κ1) is 19.1. The van der Waals surface area contributed by atoms with Crippen LogP contribution in [0.15, 0.2) is 72.9 Å². The first-order chi connectivity index (χ1) is 14.9. The molecule has 0 amide bonds. The van der Waals surface area contributed by atoms with Crippen LogP contribution < -0.4 is 9.47 Å². The smallest absolute Gasteiger partial charge is 0.416 e. The van der Waals surface area contributed by atoms with Crippen molar-refractivity contribution in [2.75, 3.05) is 6.79 Å². The highest BCUT2D eigenvalue weighted by molar-refractivity contribution is 6.20. The van der Waals surface area contributed by atoms with E-state index in [1.807, 2.05) is 6.07 Å². The summed E-state index contributed by atoms with van der Waals surface area (Å²) >= 11 is 0. The lowest BCUT2D eigenvalue weighted by Gasteiger charge is -2.14. The Balaban J connectivity index is 1.77. The third-order valence-corrected chi connectivity index (χ3v) is 5.11. The molecule has 1 aliphatic rings. The van der Waals surface area contributed by atoms with Crippen LogP contribution in [0, 0.1) is 0 Å². The van der Waals surface area contributed by atoms with Crippen molar-refractivity contribution in [3.63, 3.8) is 0 Å². The molecule has 0 aliphatic carbocycles. The Morgan fingerprint density at radius 3 is 2.39 bits per heavy atom. The van der Waals surface area contributed by atoms with E-state index in [4.69, 9.17) is 9.47 Å². The number of ether oxygens (including phenoxy) is 2. The Morgan fingerprint density at radius 2 is 1.65 bits per heavy atom. The second-order valence-electron chi connectivity index (χ2n) is 7.05. The standard InChI is InChI=1S/C24H14F3NO3/c25-24(26,27)17-8-4-7-15(9-17)23(29)21-18-11-20-19(30-13-31-20)10-16(18)12-28-22(21)14-5-2-1-3-6-14/h1-12H,13H2. The SMILES string of the molecule is O=C(c1cccc(C(F)(F)F)c1)c1c(-c2ccccc2)ncc2cc3c(cc12)OCO3. The molecular formula is C24H14F3NO3. The quantitative estimate of drug-likeness (QED) is 0.388. The highest BCUT2D eigenvalue weighted by Gasteiger charge is 2.31. The summed E-state index contributed by atoms with van der Waals surface area (Å²) in [5.74, 6) is 0.442. The van der Waals surface area contributed by atoms with Crippen LogP contribution in [0.1, 0.15) is 21.5 Å². The molecule has 7 heteroatoms. The van der Waals surface area contributed by atoms with Crippen molar-refractivity contribution in [3.05, 3.63) is 89.6 Å². The Hall–Kier alpha value is -3.87. The number of nitrogens with zero attached hydrogens (tertiary/aromatic N) is 1. The maximum Gasteiger partial charge on any atom is 0.416 e. The average Bonchev–Trinajstić information content (AvgIpc) is 3.24. The van der Waals surface area contributed by atoms with Crippen molar-refractivity contribution in [1.29, 1.82) is 0 Å². The summed E-state index contributed by atoms with van der Waals surface area (Å²) in [6.45, 7) is 0.0571. The minimum atomic E-state index is -4.55. The Labute approximate surface area is 174 Å². The number of hydrogen-bond acceptors (Lipinski definition) is 4. The number of carbonyl (C=O) groups is 1. The minimum Gasteiger partial charge on any atom is -0.454 e. The number of ketones is 1. The molecule has 4 aromatic rings. The molecule has 31 heavy (non-hydrogen) atoms. The van der Waals surface area contributed by atoms with Gasteiger partial charge in [0, 0.05) is 28.1 Å². The molecule has 1 aliphatic heterocycles. The van der Waals surface area contributed by atoms with E-state index in [-0.39, 0.29) is 17.9 Å². The molecule has 0 N–H and O–H groups in total. The molecule has 2 heterocycles. The molecule has 0 bridgehead atoms. The molecule has 4 nitrogen and oxygen atoms in total. The summed E-state index contributed by atoms with van der Waals surface area (Å²) in [5, 5.41) is 1.15. The Morgan fingerprint density at radius 1 is 0.903 bits per heavy atom. The van der Waals surface area contributed by atoms with Gasteiger partial charge in [0.15, 0.2) is 17.3 Å². The van der Waals surface area contributed by atoms with Crippen LogP contribution in [0.25, 0.3) is 22.0 Å². The van der Waals surface area contributed by atoms with E-state index >= 15 is 0 Å². The van der Waals surface area contributed by atoms with Crippen molar-refractivity contribution in [1.82, 2.24) is 4.98 Å². The highest BCUT2D eigenvalue weighted by Crippen LogP contribution is 2.40. The lowest BCUT2D eigenvalue weighted by atomic mass is 9.92. The van der Waals surface area contributed by atoms with Crippen LogP contribution in [-0.2, 0) is 6.18 Å². The summed E-state index contributed by atoms with van der Waals surface area (Å²) in [7, 11) is 0. The zero-order valence-electron chi connectivity index (χ0n) is 15.9. The third-order valence-electron chi connectivity index (χ3n) is 5.11. The fourth-order valence-electron chi connectivity index (χ4n) is 3.63. The van der Waals surface area contributed by atoms with Gasteiger partial charge in [0.05, 0.1) is 16.8 Å². The van der Waals surface area contributed by atoms with Crippen LogP contribution >= 0.6 is 0 Å². The van der Waals surface area contributed by atoms with Gasteiger partial charge in [0.2, 0.25) is 6.79 Å². The van der Waals surface area contributed by atoms with Crippen LogP contribution in [0.3, 0.4) is 0 Å². The van der Waals surface area contributed by atoms with Crippen molar-refractivity contribution in [2.24, 2.45) is 0 Å². The van der Waals surface area contributed by atoms with E-state index in [1.54, 1.807) is 42.6 Å². The second kappa shape index (κ2) is 7.12. The van der Waals surface area contributed by atoms with Crippen LogP contribution in [0.2, 0.25) is 0 Å². The van der Waals surface area contributed by atoms with Crippen molar-refractivity contribution in [3.8, 4) is 22.8 Å². The van der Waals surface area contributed by atoms with Gasteiger partial charge in [-0.3, -0.25) is 9.78 Å². The van der Waals surface area contributed by atoms with Crippen LogP contribution in [-0.4, -0.2) is 17.6 Å². The molecule has 0 radical (unpaired) electrons. The number of pyridine rings is 1. The number of aromatic nitrogens is 1. The van der Waals surface area contributed by atoms with E-state index in [9.17, 15) is 18.0 Å². The van der Waals surface area contributed by atoms with Gasteiger partial charge in [-0.2, -0.15) is 13.2 Å². The summed E-state index contributed by atoms with van der Waals surface area (Å²) in [6, 6.07) is 16.8. The third kappa shape index (κ3) is 3.38. The molecule has 1 aromatic heterocycles. The number of fused-ring (bicyclic) bond motifs is 2. The number of alkyl halides is 3. The number of rotatable bonds is 3. The van der Waals surface area contributed by atoms with Gasteiger partial charge < -0.3 is 9.47 Å². The molecular weight excluding hydrogens is 407 g/mol. The minimum absolute atomic E-state index is 0.0571. The van der Waals surface area contributed by atoms with Gasteiger partial charge in [-0.05, 0) is 24.3 Å². The first-order valence-corrected chi connectivity index (χ1v) is 9.41. The molecule has 0 spiro atoms. The molecule has 3 aromatic carbocycles. The zero-order valence-corrected chi connectivity index (χ0v) is 15.9. The Bertz CT molecular complexity index is 1320. The fraction of sp³-hybridized carbons (Fsp3) is 0.0833. The number of hydrogen-bond donors (Lipinski definition) is 0. The Kier molecular flexibility index (Phi) is 4.39. The summed E-state index contributed by atoms with van der Waals surface area (Å²) in [5.41, 5.74) is 0.317. The first-order valence-electron chi connectivity index (χ1n) is 9.41. The molecule has 154 valence electrons. The van der Waals surface area contributed by atoms with Crippen molar-refractivity contribution in [2.45, 2.75) is 6.18 Å². The van der Waals surface area contributed by atoms with Gasteiger partial charge in [-0.15, -0.1) is 0 Å². The van der Waals surface area contributed by atoms with Crippen molar-refractivity contribution < 1.29 is 27.4 Å². The summed E-state index contributed by atoms with van der Waals surface area (Å²) in [6.07, 6.45) is -2.94. The number of benzene rings is 3. The lowest BCUT2D eigenvalue weighted by Crippen LogP contribution is -2.10. The zero-order chi connectivity index (χ0) is 21.6. The molecule has 0 saturated carbocycles. The normalized spacial score (nSPS) is 12.9. The number of carbonyl (C=O) groups excluding carboxylic acids is 1. The molecule has 5 rings (SSSR count). The van der Waals surface area contributed by atoms with Gasteiger partial charge in [0.1, 0.15) is 0 Å². The summed E-state index contributed by atoms with van der Waals surface area (Å²) in [4.78, 5) is 18.0. The second-order valence-corrected chi connectivity index (χ2v) is 7.05. The van der Waals surface area contributed by atoms with Gasteiger partial charge >= 0.3 is 6.18 Å². The van der Waals surface area contributed by atoms with Gasteiger partial charge in [0.25, 0.3) is 0 Å². The van der Waals surface area contributed by atoms with Gasteiger partial charge in [-0.1, -0.05) is 42.5 Å². The van der Waals surface area contributed by atoms with E-state index in [2.05, 4.69) is 4.98 Å². The fourth-order valence-corrected chi connectivity index (χ4v) is 3.63. The number of halogens is 3. The van der Waals surface area contributed by atoms with E-state index in [0.29, 0.717) is 33.5 Å². The predicted octanol–water partition coefficient (Wildman–Crippen LogP) is 5.88. The average molecular weight is 421 g/mol. The molecule has 0 atom stereocenters. The summed E-state index contributed by atoms with van der Waals surface area (Å²) < 4.78 is 50.5. The van der Waals surface area contributed by atoms with Crippen LogP contribution in [0.4, 0.5) is 13.2 Å². The molecule has 0 fully saturated rings. The van der Waals surface area contributed by atoms with Crippen LogP contribution in [0.5, 0.6) is 11.5 Å². The maximum absolute atomic E-state index is 13.6. The van der Waals surface area contributed by atoms with Gasteiger partial charge in [-0.25, -0.2) is 0 Å². The molecule has 0 saturated heterocycles. The molecule has 0 unspecified atom stereocenters. The van der Waals surface area contributed by atoms with E-state index in [1.165, 1.54) is 12.1 Å². The largest absolute Gasteiger partial charge is 0.454 e. The maximum atomic E-state index is 13.6.